The normalized spacial score (nSPS) is 13.0. The van der Waals surface area contributed by atoms with Gasteiger partial charge in [0.2, 0.25) is 0 Å². The monoisotopic (exact) mass is 343 g/mol. The Balaban J connectivity index is 4.01. The Morgan fingerprint density at radius 2 is 1.38 bits per heavy atom. The number of carbonyl (C=O) groups is 2. The summed E-state index contributed by atoms with van der Waals surface area (Å²) in [5.41, 5.74) is -0.354. The Bertz CT molecular complexity index is 382. The quantitative estimate of drug-likeness (QED) is 0.293. The molecule has 0 aromatic heterocycles. The third-order valence-corrected chi connectivity index (χ3v) is 4.08. The number of unbranched alkanes of at least 4 members (excludes halogenated alkanes) is 9. The van der Waals surface area contributed by atoms with Gasteiger partial charge in [0.25, 0.3) is 0 Å². The minimum absolute atomic E-state index is 0.0799. The molecule has 6 heteroatoms. The predicted octanol–water partition coefficient (Wildman–Crippen LogP) is 3.52. The number of aliphatic imine (C=N–C) groups is 1. The van der Waals surface area contributed by atoms with Gasteiger partial charge >= 0.3 is 11.9 Å². The molecular formula is C18H33NO5. The molecule has 0 spiro atoms. The summed E-state index contributed by atoms with van der Waals surface area (Å²) in [4.78, 5) is 26.2. The summed E-state index contributed by atoms with van der Waals surface area (Å²) in [6.45, 7) is 1.83. The van der Waals surface area contributed by atoms with Crippen LogP contribution in [0.2, 0.25) is 0 Å². The van der Waals surface area contributed by atoms with E-state index in [0.717, 1.165) is 19.3 Å². The number of rotatable bonds is 16. The Kier molecular flexibility index (Phi) is 14.2. The van der Waals surface area contributed by atoms with Crippen LogP contribution in [0.3, 0.4) is 0 Å². The Hall–Kier alpha value is -1.43. The number of carboxylic acids is 2. The van der Waals surface area contributed by atoms with Crippen molar-refractivity contribution in [1.29, 1.82) is 0 Å². The van der Waals surface area contributed by atoms with Crippen LogP contribution in [-0.2, 0) is 9.59 Å². The molecular weight excluding hydrogens is 310 g/mol. The fraction of sp³-hybridized carbons (Fsp3) is 0.833. The molecule has 140 valence electrons. The van der Waals surface area contributed by atoms with E-state index in [4.69, 9.17) is 10.2 Å². The summed E-state index contributed by atoms with van der Waals surface area (Å²) in [5, 5.41) is 27.1. The van der Waals surface area contributed by atoms with Crippen molar-refractivity contribution in [3.05, 3.63) is 0 Å². The van der Waals surface area contributed by atoms with Gasteiger partial charge in [-0.05, 0) is 6.42 Å². The van der Waals surface area contributed by atoms with Gasteiger partial charge < -0.3 is 15.3 Å². The van der Waals surface area contributed by atoms with Crippen LogP contribution >= 0.6 is 0 Å². The minimum Gasteiger partial charge on any atom is -0.481 e. The van der Waals surface area contributed by atoms with E-state index in [0.29, 0.717) is 6.42 Å². The summed E-state index contributed by atoms with van der Waals surface area (Å²) in [7, 11) is 0. The van der Waals surface area contributed by atoms with Gasteiger partial charge in [0.05, 0.1) is 13.2 Å². The van der Waals surface area contributed by atoms with Gasteiger partial charge in [-0.3, -0.25) is 9.79 Å². The van der Waals surface area contributed by atoms with Gasteiger partial charge in [0.15, 0.2) is 0 Å². The van der Waals surface area contributed by atoms with E-state index >= 15 is 0 Å². The molecule has 24 heavy (non-hydrogen) atoms. The molecule has 3 N–H and O–H groups in total. The average molecular weight is 343 g/mol. The van der Waals surface area contributed by atoms with E-state index in [1.54, 1.807) is 0 Å². The molecule has 1 atom stereocenters. The van der Waals surface area contributed by atoms with Crippen molar-refractivity contribution in [3.8, 4) is 0 Å². The maximum atomic E-state index is 11.3. The van der Waals surface area contributed by atoms with Crippen LogP contribution in [-0.4, -0.2) is 46.1 Å². The van der Waals surface area contributed by atoms with Crippen LogP contribution < -0.4 is 0 Å². The van der Waals surface area contributed by atoms with Crippen LogP contribution in [0.4, 0.5) is 0 Å². The second kappa shape index (κ2) is 15.1. The van der Waals surface area contributed by atoms with E-state index in [1.807, 2.05) is 0 Å². The zero-order valence-electron chi connectivity index (χ0n) is 14.9. The molecule has 0 heterocycles. The lowest BCUT2D eigenvalue weighted by molar-refractivity contribution is -0.141. The maximum Gasteiger partial charge on any atom is 0.350 e. The number of aliphatic hydroxyl groups excluding tert-OH is 1. The van der Waals surface area contributed by atoms with Crippen LogP contribution in [0.1, 0.15) is 77.6 Å². The highest BCUT2D eigenvalue weighted by Gasteiger charge is 2.28. The molecule has 0 aromatic rings. The first-order valence-corrected chi connectivity index (χ1v) is 9.15. The highest BCUT2D eigenvalue weighted by Crippen LogP contribution is 2.16. The standard InChI is InChI=1S/C18H33NO5/c1-2-3-4-5-6-7-8-9-10-11-12-15(17(21)22)16(18(23)24)19-13-14-20/h15,20H,2-14H2,1H3,(H,21,22)(H,23,24). The molecule has 0 radical (unpaired) electrons. The third-order valence-electron chi connectivity index (χ3n) is 4.08. The molecule has 0 saturated heterocycles. The molecule has 0 aliphatic heterocycles. The van der Waals surface area contributed by atoms with E-state index in [2.05, 4.69) is 11.9 Å². The highest BCUT2D eigenvalue weighted by atomic mass is 16.4. The number of hydrogen-bond donors (Lipinski definition) is 3. The first-order valence-electron chi connectivity index (χ1n) is 9.15. The first kappa shape index (κ1) is 22.6. The molecule has 6 nitrogen and oxygen atoms in total. The number of aliphatic hydroxyl groups is 1. The lowest BCUT2D eigenvalue weighted by Crippen LogP contribution is -2.30. The first-order chi connectivity index (χ1) is 11.5. The van der Waals surface area contributed by atoms with E-state index in [9.17, 15) is 14.7 Å². The van der Waals surface area contributed by atoms with Crippen molar-refractivity contribution in [2.24, 2.45) is 10.9 Å². The smallest absolute Gasteiger partial charge is 0.350 e. The second-order valence-electron chi connectivity index (χ2n) is 6.16. The van der Waals surface area contributed by atoms with Crippen molar-refractivity contribution in [3.63, 3.8) is 0 Å². The van der Waals surface area contributed by atoms with Gasteiger partial charge in [-0.1, -0.05) is 71.1 Å². The molecule has 0 aliphatic rings. The average Bonchev–Trinajstić information content (AvgIpc) is 2.54. The van der Waals surface area contributed by atoms with Crippen molar-refractivity contribution in [2.75, 3.05) is 13.2 Å². The number of aliphatic carboxylic acids is 2. The van der Waals surface area contributed by atoms with Crippen LogP contribution in [0, 0.1) is 5.92 Å². The SMILES string of the molecule is CCCCCCCCCCCCC(C(=O)O)C(=NCCO)C(=O)O. The molecule has 0 aromatic carbocycles. The highest BCUT2D eigenvalue weighted by molar-refractivity contribution is 6.39. The molecule has 0 amide bonds. The van der Waals surface area contributed by atoms with Crippen molar-refractivity contribution in [1.82, 2.24) is 0 Å². The molecule has 0 fully saturated rings. The van der Waals surface area contributed by atoms with Crippen molar-refractivity contribution >= 4 is 17.7 Å². The molecule has 1 unspecified atom stereocenters. The Morgan fingerprint density at radius 1 is 0.875 bits per heavy atom. The van der Waals surface area contributed by atoms with Gasteiger partial charge in [0, 0.05) is 0 Å². The van der Waals surface area contributed by atoms with Gasteiger partial charge in [0.1, 0.15) is 11.6 Å². The topological polar surface area (TPSA) is 107 Å². The number of nitrogens with zero attached hydrogens (tertiary/aromatic N) is 1. The van der Waals surface area contributed by atoms with E-state index in [1.165, 1.54) is 38.5 Å². The largest absolute Gasteiger partial charge is 0.481 e. The molecule has 0 rings (SSSR count). The second-order valence-corrected chi connectivity index (χ2v) is 6.16. The van der Waals surface area contributed by atoms with E-state index < -0.39 is 17.9 Å². The number of hydrogen-bond acceptors (Lipinski definition) is 4. The van der Waals surface area contributed by atoms with E-state index in [-0.39, 0.29) is 25.3 Å². The van der Waals surface area contributed by atoms with Crippen LogP contribution in [0.5, 0.6) is 0 Å². The summed E-state index contributed by atoms with van der Waals surface area (Å²) in [5.74, 6) is -3.57. The van der Waals surface area contributed by atoms with Crippen LogP contribution in [0.15, 0.2) is 4.99 Å². The van der Waals surface area contributed by atoms with Crippen molar-refractivity contribution in [2.45, 2.75) is 77.6 Å². The lowest BCUT2D eigenvalue weighted by atomic mass is 9.95. The van der Waals surface area contributed by atoms with Gasteiger partial charge in [-0.2, -0.15) is 0 Å². The fourth-order valence-corrected chi connectivity index (χ4v) is 2.71. The summed E-state index contributed by atoms with van der Waals surface area (Å²) >= 11 is 0. The van der Waals surface area contributed by atoms with Gasteiger partial charge in [-0.15, -0.1) is 0 Å². The number of carboxylic acid groups (broad SMARTS) is 2. The van der Waals surface area contributed by atoms with Crippen molar-refractivity contribution < 1.29 is 24.9 Å². The fourth-order valence-electron chi connectivity index (χ4n) is 2.71. The van der Waals surface area contributed by atoms with Gasteiger partial charge in [-0.25, -0.2) is 4.79 Å². The maximum absolute atomic E-state index is 11.3. The van der Waals surface area contributed by atoms with Crippen LogP contribution in [0.25, 0.3) is 0 Å². The predicted molar refractivity (Wildman–Crippen MR) is 94.6 cm³/mol. The zero-order valence-corrected chi connectivity index (χ0v) is 14.9. The molecule has 0 aliphatic carbocycles. The minimum atomic E-state index is -1.32. The third kappa shape index (κ3) is 11.2. The lowest BCUT2D eigenvalue weighted by Gasteiger charge is -2.12. The molecule has 0 bridgehead atoms. The Morgan fingerprint density at radius 3 is 1.79 bits per heavy atom. The summed E-state index contributed by atoms with van der Waals surface area (Å²) < 4.78 is 0. The molecule has 0 saturated carbocycles. The Labute approximate surface area is 145 Å². The summed E-state index contributed by atoms with van der Waals surface area (Å²) in [6.07, 6.45) is 11.7. The summed E-state index contributed by atoms with van der Waals surface area (Å²) in [6, 6.07) is 0. The zero-order chi connectivity index (χ0) is 18.2.